The third-order valence-electron chi connectivity index (χ3n) is 3.25. The van der Waals surface area contributed by atoms with Crippen molar-refractivity contribution >= 4 is 29.4 Å². The quantitative estimate of drug-likeness (QED) is 0.535. The molecule has 0 aliphatic carbocycles. The number of ether oxygens (including phenoxy) is 1. The van der Waals surface area contributed by atoms with Crippen molar-refractivity contribution in [3.63, 3.8) is 0 Å². The van der Waals surface area contributed by atoms with Crippen molar-refractivity contribution in [3.8, 4) is 18.2 Å². The first-order chi connectivity index (χ1) is 11.7. The monoisotopic (exact) mass is 356 g/mol. The molecule has 3 rings (SSSR count). The predicted octanol–water partition coefficient (Wildman–Crippen LogP) is 1.01. The molecule has 0 radical (unpaired) electrons. The fourth-order valence-corrected chi connectivity index (χ4v) is 4.35. The van der Waals surface area contributed by atoms with Crippen LogP contribution in [0.1, 0.15) is 11.4 Å². The summed E-state index contributed by atoms with van der Waals surface area (Å²) in [6, 6.07) is 5.59. The molecule has 0 N–H and O–H groups in total. The molecule has 24 heavy (non-hydrogen) atoms. The summed E-state index contributed by atoms with van der Waals surface area (Å²) in [5, 5.41) is 28.3. The number of fused-ring (bicyclic) bond motifs is 1. The maximum absolute atomic E-state index is 12.5. The number of morpholine rings is 1. The first-order valence-corrected chi connectivity index (χ1v) is 8.40. The van der Waals surface area contributed by atoms with Gasteiger partial charge in [0.05, 0.1) is 17.5 Å². The Morgan fingerprint density at radius 2 is 1.58 bits per heavy atom. The minimum atomic E-state index is -0.357. The number of hydrogen-bond acceptors (Lipinski definition) is 9. The smallest absolute Gasteiger partial charge is 0.266 e. The van der Waals surface area contributed by atoms with Crippen molar-refractivity contribution in [2.45, 2.75) is 10.1 Å². The van der Waals surface area contributed by atoms with E-state index in [1.165, 1.54) is 0 Å². The van der Waals surface area contributed by atoms with E-state index >= 15 is 0 Å². The Morgan fingerprint density at radius 1 is 1.04 bits per heavy atom. The zero-order valence-corrected chi connectivity index (χ0v) is 13.8. The molecule has 1 fully saturated rings. The van der Waals surface area contributed by atoms with Crippen LogP contribution < -0.4 is 0 Å². The van der Waals surface area contributed by atoms with E-state index in [2.05, 4.69) is 9.97 Å². The molecule has 2 aliphatic rings. The lowest BCUT2D eigenvalue weighted by atomic mass is 10.2. The first-order valence-electron chi connectivity index (χ1n) is 6.77. The molecule has 0 unspecified atom stereocenters. The van der Waals surface area contributed by atoms with E-state index < -0.39 is 0 Å². The van der Waals surface area contributed by atoms with E-state index in [1.807, 2.05) is 18.2 Å². The third kappa shape index (κ3) is 2.93. The van der Waals surface area contributed by atoms with Crippen LogP contribution in [-0.2, 0) is 9.53 Å². The van der Waals surface area contributed by atoms with E-state index in [0.717, 1.165) is 23.5 Å². The van der Waals surface area contributed by atoms with E-state index in [-0.39, 0.29) is 22.9 Å². The van der Waals surface area contributed by atoms with E-state index in [0.29, 0.717) is 40.6 Å². The summed E-state index contributed by atoms with van der Waals surface area (Å²) in [5.41, 5.74) is -0.115. The Kier molecular flexibility index (Phi) is 4.68. The molecule has 0 aromatic carbocycles. The molecule has 2 aliphatic heterocycles. The van der Waals surface area contributed by atoms with Crippen LogP contribution in [-0.4, -0.2) is 47.1 Å². The Balaban J connectivity index is 1.93. The molecular formula is C14H8N6O2S2. The zero-order valence-electron chi connectivity index (χ0n) is 12.1. The number of aromatic nitrogens is 2. The van der Waals surface area contributed by atoms with Gasteiger partial charge in [-0.1, -0.05) is 23.5 Å². The van der Waals surface area contributed by atoms with Gasteiger partial charge in [-0.3, -0.25) is 4.79 Å². The van der Waals surface area contributed by atoms with Crippen LogP contribution in [0, 0.1) is 34.0 Å². The Hall–Kier alpha value is -2.58. The normalized spacial score (nSPS) is 15.9. The van der Waals surface area contributed by atoms with Gasteiger partial charge in [-0.05, 0) is 0 Å². The van der Waals surface area contributed by atoms with Crippen molar-refractivity contribution in [2.24, 2.45) is 0 Å². The molecule has 1 saturated heterocycles. The number of carbonyl (C=O) groups excluding carboxylic acids is 1. The van der Waals surface area contributed by atoms with Gasteiger partial charge in [0.25, 0.3) is 5.91 Å². The molecule has 0 spiro atoms. The van der Waals surface area contributed by atoms with Crippen LogP contribution in [0.4, 0.5) is 0 Å². The molecule has 8 nitrogen and oxygen atoms in total. The van der Waals surface area contributed by atoms with Crippen molar-refractivity contribution in [3.05, 3.63) is 21.2 Å². The summed E-state index contributed by atoms with van der Waals surface area (Å²) < 4.78 is 5.67. The summed E-state index contributed by atoms with van der Waals surface area (Å²) in [7, 11) is 0. The van der Waals surface area contributed by atoms with Gasteiger partial charge in [-0.25, -0.2) is 9.97 Å². The summed E-state index contributed by atoms with van der Waals surface area (Å²) in [6.07, 6.45) is 0. The molecular weight excluding hydrogens is 348 g/mol. The largest absolute Gasteiger partial charge is 0.378 e. The van der Waals surface area contributed by atoms with Gasteiger partial charge in [0, 0.05) is 13.1 Å². The molecule has 0 atom stereocenters. The van der Waals surface area contributed by atoms with Crippen LogP contribution in [0.15, 0.2) is 19.9 Å². The van der Waals surface area contributed by atoms with E-state index in [9.17, 15) is 10.1 Å². The van der Waals surface area contributed by atoms with Crippen molar-refractivity contribution in [1.82, 2.24) is 14.9 Å². The van der Waals surface area contributed by atoms with E-state index in [1.54, 1.807) is 4.90 Å². The van der Waals surface area contributed by atoms with Gasteiger partial charge >= 0.3 is 0 Å². The second-order valence-electron chi connectivity index (χ2n) is 4.64. The Labute approximate surface area is 145 Å². The number of thioether (sulfide) groups is 2. The maximum Gasteiger partial charge on any atom is 0.266 e. The van der Waals surface area contributed by atoms with Gasteiger partial charge in [-0.2, -0.15) is 15.8 Å². The summed E-state index contributed by atoms with van der Waals surface area (Å²) in [4.78, 5) is 22.3. The molecule has 1 aromatic rings. The predicted molar refractivity (Wildman–Crippen MR) is 83.2 cm³/mol. The molecule has 10 heteroatoms. The Morgan fingerprint density at radius 3 is 2.04 bits per heavy atom. The number of amides is 1. The number of carbonyl (C=O) groups is 1. The second-order valence-corrected chi connectivity index (χ2v) is 6.89. The second kappa shape index (κ2) is 6.90. The molecule has 0 saturated carbocycles. The topological polar surface area (TPSA) is 127 Å². The molecule has 118 valence electrons. The summed E-state index contributed by atoms with van der Waals surface area (Å²) >= 11 is 2.23. The number of rotatable bonds is 1. The SMILES string of the molecule is N#CC(C(=O)N1CCOCC1)=C1Sc2nc(C#N)c(C#N)nc2S1. The molecule has 1 aromatic heterocycles. The third-order valence-corrected chi connectivity index (χ3v) is 5.62. The average molecular weight is 356 g/mol. The zero-order chi connectivity index (χ0) is 17.1. The first kappa shape index (κ1) is 16.3. The van der Waals surface area contributed by atoms with Gasteiger partial charge in [0.1, 0.15) is 33.8 Å². The van der Waals surface area contributed by atoms with Crippen molar-refractivity contribution in [1.29, 1.82) is 15.8 Å². The minimum Gasteiger partial charge on any atom is -0.378 e. The molecule has 3 heterocycles. The van der Waals surface area contributed by atoms with Crippen molar-refractivity contribution < 1.29 is 9.53 Å². The minimum absolute atomic E-state index is 0.0173. The molecule has 1 amide bonds. The van der Waals surface area contributed by atoms with Crippen LogP contribution in [0.2, 0.25) is 0 Å². The lowest BCUT2D eigenvalue weighted by Crippen LogP contribution is -2.41. The highest BCUT2D eigenvalue weighted by molar-refractivity contribution is 8.24. The highest BCUT2D eigenvalue weighted by atomic mass is 32.2. The lowest BCUT2D eigenvalue weighted by molar-refractivity contribution is -0.130. The maximum atomic E-state index is 12.5. The Bertz CT molecular complexity index is 826. The average Bonchev–Trinajstić information content (AvgIpc) is 3.04. The van der Waals surface area contributed by atoms with Crippen LogP contribution in [0.5, 0.6) is 0 Å². The van der Waals surface area contributed by atoms with E-state index in [4.69, 9.17) is 15.3 Å². The number of hydrogen-bond donors (Lipinski definition) is 0. The fraction of sp³-hybridized carbons (Fsp3) is 0.286. The highest BCUT2D eigenvalue weighted by Crippen LogP contribution is 2.50. The van der Waals surface area contributed by atoms with Gasteiger partial charge in [0.2, 0.25) is 0 Å². The standard InChI is InChI=1S/C14H8N6O2S2/c15-5-8(13(21)20-1-3-22-4-2-20)14-23-11-12(24-14)19-10(7-17)9(6-16)18-11/h1-4H2. The van der Waals surface area contributed by atoms with Crippen LogP contribution in [0.3, 0.4) is 0 Å². The van der Waals surface area contributed by atoms with Gasteiger partial charge in [-0.15, -0.1) is 0 Å². The lowest BCUT2D eigenvalue weighted by Gasteiger charge is -2.26. The van der Waals surface area contributed by atoms with Gasteiger partial charge in [0.15, 0.2) is 11.4 Å². The number of nitriles is 3. The highest BCUT2D eigenvalue weighted by Gasteiger charge is 2.31. The fourth-order valence-electron chi connectivity index (χ4n) is 2.10. The number of nitrogens with zero attached hydrogens (tertiary/aromatic N) is 6. The summed E-state index contributed by atoms with van der Waals surface area (Å²) in [6.45, 7) is 1.77. The van der Waals surface area contributed by atoms with Crippen molar-refractivity contribution in [2.75, 3.05) is 26.3 Å². The van der Waals surface area contributed by atoms with Crippen LogP contribution >= 0.6 is 23.5 Å². The molecule has 0 bridgehead atoms. The van der Waals surface area contributed by atoms with Crippen LogP contribution in [0.25, 0.3) is 0 Å². The summed E-state index contributed by atoms with van der Waals surface area (Å²) in [5.74, 6) is -0.357. The van der Waals surface area contributed by atoms with Gasteiger partial charge < -0.3 is 9.64 Å².